The van der Waals surface area contributed by atoms with Gasteiger partial charge in [-0.15, -0.1) is 0 Å². The van der Waals surface area contributed by atoms with Crippen LogP contribution in [0.15, 0.2) is 29.2 Å². The number of nitrogens with one attached hydrogen (secondary N) is 1. The van der Waals surface area contributed by atoms with E-state index in [4.69, 9.17) is 9.92 Å². The minimum absolute atomic E-state index is 0.244. The summed E-state index contributed by atoms with van der Waals surface area (Å²) in [6.45, 7) is 3.90. The van der Waals surface area contributed by atoms with Gasteiger partial charge in [-0.05, 0) is 44.4 Å². The molecule has 1 aromatic heterocycles. The molecule has 0 aliphatic rings. The molecule has 0 bridgehead atoms. The van der Waals surface area contributed by atoms with Crippen LogP contribution in [0.4, 0.5) is 11.9 Å². The minimum Gasteiger partial charge on any atom is -0.368 e. The Hall–Kier alpha value is -1.86. The van der Waals surface area contributed by atoms with Gasteiger partial charge in [0, 0.05) is 23.0 Å². The van der Waals surface area contributed by atoms with Crippen LogP contribution in [0.1, 0.15) is 24.7 Å². The van der Waals surface area contributed by atoms with Crippen molar-refractivity contribution in [3.8, 4) is 0 Å². The Kier molecular flexibility index (Phi) is 5.97. The number of nitrogens with two attached hydrogens (primary N) is 1. The van der Waals surface area contributed by atoms with Gasteiger partial charge in [0.1, 0.15) is 5.82 Å². The SMILES string of the molecule is COSc1ccc(CCC(C)Nc2nc(C)nc(N)n2)cc1. The lowest BCUT2D eigenvalue weighted by Gasteiger charge is -2.14. The van der Waals surface area contributed by atoms with Gasteiger partial charge < -0.3 is 15.2 Å². The highest BCUT2D eigenvalue weighted by Crippen LogP contribution is 2.19. The summed E-state index contributed by atoms with van der Waals surface area (Å²) in [5, 5.41) is 3.26. The number of aryl methyl sites for hydroxylation is 2. The van der Waals surface area contributed by atoms with Crippen molar-refractivity contribution < 1.29 is 4.18 Å². The smallest absolute Gasteiger partial charge is 0.227 e. The molecule has 0 spiro atoms. The van der Waals surface area contributed by atoms with Gasteiger partial charge in [0.2, 0.25) is 11.9 Å². The van der Waals surface area contributed by atoms with Crippen molar-refractivity contribution in [2.45, 2.75) is 37.6 Å². The first kappa shape index (κ1) is 16.5. The number of nitrogen functional groups attached to an aromatic ring is 1. The van der Waals surface area contributed by atoms with E-state index in [9.17, 15) is 0 Å². The van der Waals surface area contributed by atoms with E-state index in [0.29, 0.717) is 11.8 Å². The first-order valence-electron chi connectivity index (χ1n) is 7.11. The van der Waals surface area contributed by atoms with Gasteiger partial charge in [-0.3, -0.25) is 0 Å². The summed E-state index contributed by atoms with van der Waals surface area (Å²) in [5.74, 6) is 1.39. The molecule has 2 rings (SSSR count). The summed E-state index contributed by atoms with van der Waals surface area (Å²) in [6.07, 6.45) is 1.95. The Morgan fingerprint density at radius 2 is 1.95 bits per heavy atom. The van der Waals surface area contributed by atoms with Crippen molar-refractivity contribution in [2.24, 2.45) is 0 Å². The Morgan fingerprint density at radius 1 is 1.23 bits per heavy atom. The van der Waals surface area contributed by atoms with Gasteiger partial charge in [0.05, 0.1) is 7.11 Å². The minimum atomic E-state index is 0.244. The second kappa shape index (κ2) is 7.95. The molecular weight excluding hydrogens is 298 g/mol. The first-order chi connectivity index (χ1) is 10.6. The molecule has 6 nitrogen and oxygen atoms in total. The van der Waals surface area contributed by atoms with Crippen LogP contribution in [-0.4, -0.2) is 28.1 Å². The largest absolute Gasteiger partial charge is 0.368 e. The number of aromatic nitrogens is 3. The molecule has 2 aromatic rings. The molecule has 7 heteroatoms. The molecule has 0 saturated heterocycles. The lowest BCUT2D eigenvalue weighted by atomic mass is 10.1. The van der Waals surface area contributed by atoms with Gasteiger partial charge in [-0.1, -0.05) is 12.1 Å². The Labute approximate surface area is 135 Å². The molecular formula is C15H21N5OS. The molecule has 0 amide bonds. The average Bonchev–Trinajstić information content (AvgIpc) is 2.46. The second-order valence-corrected chi connectivity index (χ2v) is 6.01. The predicted octanol–water partition coefficient (Wildman–Crippen LogP) is 2.85. The van der Waals surface area contributed by atoms with Crippen molar-refractivity contribution in [2.75, 3.05) is 18.2 Å². The Balaban J connectivity index is 1.85. The number of hydrogen-bond donors (Lipinski definition) is 2. The van der Waals surface area contributed by atoms with Crippen molar-refractivity contribution in [3.63, 3.8) is 0 Å². The fourth-order valence-electron chi connectivity index (χ4n) is 2.05. The highest BCUT2D eigenvalue weighted by Gasteiger charge is 2.07. The highest BCUT2D eigenvalue weighted by molar-refractivity contribution is 7.94. The van der Waals surface area contributed by atoms with Crippen LogP contribution in [0.2, 0.25) is 0 Å². The van der Waals surface area contributed by atoms with E-state index in [2.05, 4.69) is 51.5 Å². The van der Waals surface area contributed by atoms with Crippen LogP contribution in [0.5, 0.6) is 0 Å². The lowest BCUT2D eigenvalue weighted by molar-refractivity contribution is 0.490. The van der Waals surface area contributed by atoms with Gasteiger partial charge in [0.25, 0.3) is 0 Å². The monoisotopic (exact) mass is 319 g/mol. The third-order valence-corrected chi connectivity index (χ3v) is 3.74. The molecule has 3 N–H and O–H groups in total. The Bertz CT molecular complexity index is 585. The standard InChI is InChI=1S/C15H21N5OS/c1-10(17-15-19-11(2)18-14(16)20-15)4-5-12-6-8-13(9-7-12)22-21-3/h6-10H,4-5H2,1-3H3,(H3,16,17,18,19,20). The fraction of sp³-hybridized carbons (Fsp3) is 0.400. The summed E-state index contributed by atoms with van der Waals surface area (Å²) in [5.41, 5.74) is 6.92. The zero-order valence-corrected chi connectivity index (χ0v) is 13.9. The number of hydrogen-bond acceptors (Lipinski definition) is 7. The number of nitrogens with zero attached hydrogens (tertiary/aromatic N) is 3. The van der Waals surface area contributed by atoms with E-state index in [1.807, 2.05) is 0 Å². The molecule has 0 saturated carbocycles. The summed E-state index contributed by atoms with van der Waals surface area (Å²) in [6, 6.07) is 8.63. The molecule has 22 heavy (non-hydrogen) atoms. The van der Waals surface area contributed by atoms with E-state index in [1.165, 1.54) is 17.6 Å². The van der Waals surface area contributed by atoms with E-state index >= 15 is 0 Å². The van der Waals surface area contributed by atoms with Crippen molar-refractivity contribution in [1.82, 2.24) is 15.0 Å². The molecule has 1 atom stereocenters. The summed E-state index contributed by atoms with van der Waals surface area (Å²) < 4.78 is 5.03. The third-order valence-electron chi connectivity index (χ3n) is 3.11. The van der Waals surface area contributed by atoms with Gasteiger partial charge in [0.15, 0.2) is 0 Å². The normalized spacial score (nSPS) is 12.1. The second-order valence-electron chi connectivity index (χ2n) is 5.04. The number of anilines is 2. The molecule has 0 aliphatic carbocycles. The lowest BCUT2D eigenvalue weighted by Crippen LogP contribution is -2.19. The topological polar surface area (TPSA) is 86.0 Å². The summed E-state index contributed by atoms with van der Waals surface area (Å²) in [7, 11) is 1.67. The maximum atomic E-state index is 5.62. The third kappa shape index (κ3) is 5.16. The maximum absolute atomic E-state index is 5.62. The molecule has 0 aliphatic heterocycles. The van der Waals surface area contributed by atoms with Crippen LogP contribution < -0.4 is 11.1 Å². The van der Waals surface area contributed by atoms with E-state index < -0.39 is 0 Å². The van der Waals surface area contributed by atoms with Crippen LogP contribution in [0, 0.1) is 6.92 Å². The molecule has 0 fully saturated rings. The van der Waals surface area contributed by atoms with Crippen molar-refractivity contribution in [1.29, 1.82) is 0 Å². The van der Waals surface area contributed by atoms with Gasteiger partial charge in [-0.25, -0.2) is 0 Å². The molecule has 118 valence electrons. The van der Waals surface area contributed by atoms with Crippen molar-refractivity contribution >= 4 is 23.9 Å². The zero-order chi connectivity index (χ0) is 15.9. The first-order valence-corrected chi connectivity index (χ1v) is 7.85. The van der Waals surface area contributed by atoms with Crippen LogP contribution >= 0.6 is 12.0 Å². The quantitative estimate of drug-likeness (QED) is 0.759. The molecule has 0 radical (unpaired) electrons. The van der Waals surface area contributed by atoms with Crippen LogP contribution in [0.3, 0.4) is 0 Å². The van der Waals surface area contributed by atoms with Crippen molar-refractivity contribution in [3.05, 3.63) is 35.7 Å². The van der Waals surface area contributed by atoms with Crippen LogP contribution in [0.25, 0.3) is 0 Å². The van der Waals surface area contributed by atoms with Crippen LogP contribution in [-0.2, 0) is 10.6 Å². The molecule has 1 heterocycles. The molecule has 1 unspecified atom stereocenters. The number of rotatable bonds is 7. The zero-order valence-electron chi connectivity index (χ0n) is 13.0. The maximum Gasteiger partial charge on any atom is 0.227 e. The summed E-state index contributed by atoms with van der Waals surface area (Å²) in [4.78, 5) is 13.4. The van der Waals surface area contributed by atoms with E-state index in [-0.39, 0.29) is 12.0 Å². The fourth-order valence-corrected chi connectivity index (χ4v) is 2.49. The molecule has 1 aromatic carbocycles. The van der Waals surface area contributed by atoms with Gasteiger partial charge in [-0.2, -0.15) is 15.0 Å². The van der Waals surface area contributed by atoms with E-state index in [0.717, 1.165) is 17.7 Å². The summed E-state index contributed by atoms with van der Waals surface area (Å²) >= 11 is 1.37. The Morgan fingerprint density at radius 3 is 2.59 bits per heavy atom. The van der Waals surface area contributed by atoms with E-state index in [1.54, 1.807) is 14.0 Å². The van der Waals surface area contributed by atoms with Gasteiger partial charge >= 0.3 is 0 Å². The predicted molar refractivity (Wildman–Crippen MR) is 89.7 cm³/mol. The average molecular weight is 319 g/mol. The highest BCUT2D eigenvalue weighted by atomic mass is 32.2. The number of benzene rings is 1.